The van der Waals surface area contributed by atoms with Gasteiger partial charge in [0.2, 0.25) is 0 Å². The van der Waals surface area contributed by atoms with Gasteiger partial charge in [-0.1, -0.05) is 60.7 Å². The Hall–Kier alpha value is -2.06. The lowest BCUT2D eigenvalue weighted by Crippen LogP contribution is -2.47. The molecule has 3 atom stereocenters. The van der Waals surface area contributed by atoms with Crippen LogP contribution in [0.1, 0.15) is 37.3 Å². The van der Waals surface area contributed by atoms with Crippen molar-refractivity contribution >= 4 is 5.76 Å². The second-order valence-electron chi connectivity index (χ2n) is 7.43. The molecule has 2 nitrogen and oxygen atoms in total. The highest BCUT2D eigenvalue weighted by molar-refractivity contribution is 5.62. The molecular formula is C22H24O2. The molecule has 24 heavy (non-hydrogen) atoms. The van der Waals surface area contributed by atoms with Crippen LogP contribution in [0.3, 0.4) is 0 Å². The molecule has 2 aromatic rings. The molecule has 124 valence electrons. The van der Waals surface area contributed by atoms with Gasteiger partial charge in [0.25, 0.3) is 0 Å². The molecule has 2 heterocycles. The smallest absolute Gasteiger partial charge is 0.123 e. The average molecular weight is 320 g/mol. The monoisotopic (exact) mass is 320 g/mol. The summed E-state index contributed by atoms with van der Waals surface area (Å²) in [6.07, 6.45) is 3.40. The van der Waals surface area contributed by atoms with Crippen molar-refractivity contribution in [2.24, 2.45) is 5.92 Å². The van der Waals surface area contributed by atoms with Crippen molar-refractivity contribution in [2.45, 2.75) is 37.9 Å². The normalized spacial score (nSPS) is 28.4. The topological polar surface area (TPSA) is 18.5 Å². The molecule has 0 aromatic heterocycles. The third-order valence-electron chi connectivity index (χ3n) is 5.15. The molecule has 0 aliphatic carbocycles. The predicted octanol–water partition coefficient (Wildman–Crippen LogP) is 5.03. The molecule has 0 N–H and O–H groups in total. The maximum absolute atomic E-state index is 6.44. The molecule has 3 unspecified atom stereocenters. The third-order valence-corrected chi connectivity index (χ3v) is 5.15. The van der Waals surface area contributed by atoms with Gasteiger partial charge < -0.3 is 9.47 Å². The van der Waals surface area contributed by atoms with E-state index in [2.05, 4.69) is 74.5 Å². The summed E-state index contributed by atoms with van der Waals surface area (Å²) in [6.45, 7) is 5.06. The third kappa shape index (κ3) is 2.99. The molecule has 2 heteroatoms. The van der Waals surface area contributed by atoms with Crippen molar-refractivity contribution < 1.29 is 9.47 Å². The zero-order chi connectivity index (χ0) is 16.6. The number of ether oxygens (including phenoxy) is 2. The summed E-state index contributed by atoms with van der Waals surface area (Å²) >= 11 is 0. The second-order valence-corrected chi connectivity index (χ2v) is 7.43. The van der Waals surface area contributed by atoms with Crippen LogP contribution in [-0.2, 0) is 9.47 Å². The summed E-state index contributed by atoms with van der Waals surface area (Å²) in [5.74, 6) is 1.70. The zero-order valence-corrected chi connectivity index (χ0v) is 14.3. The van der Waals surface area contributed by atoms with Crippen molar-refractivity contribution in [3.8, 4) is 0 Å². The number of benzene rings is 2. The maximum atomic E-state index is 6.44. The van der Waals surface area contributed by atoms with Crippen molar-refractivity contribution in [1.82, 2.24) is 0 Å². The Bertz CT molecular complexity index is 718. The van der Waals surface area contributed by atoms with Gasteiger partial charge in [0.1, 0.15) is 11.9 Å². The van der Waals surface area contributed by atoms with Crippen LogP contribution in [0.15, 0.2) is 66.7 Å². The van der Waals surface area contributed by atoms with E-state index in [1.54, 1.807) is 0 Å². The Labute approximate surface area is 144 Å². The van der Waals surface area contributed by atoms with Crippen LogP contribution in [0.25, 0.3) is 5.76 Å². The van der Waals surface area contributed by atoms with Crippen LogP contribution in [0, 0.1) is 5.92 Å². The molecule has 2 aromatic carbocycles. The molecule has 0 saturated carbocycles. The number of hydrogen-bond acceptors (Lipinski definition) is 2. The molecule has 2 aliphatic rings. The van der Waals surface area contributed by atoms with Crippen LogP contribution in [0.2, 0.25) is 0 Å². The number of allylic oxidation sites excluding steroid dienone is 1. The largest absolute Gasteiger partial charge is 0.490 e. The van der Waals surface area contributed by atoms with Gasteiger partial charge in [-0.15, -0.1) is 0 Å². The van der Waals surface area contributed by atoms with Crippen molar-refractivity contribution in [3.63, 3.8) is 0 Å². The van der Waals surface area contributed by atoms with Gasteiger partial charge in [0.05, 0.1) is 12.2 Å². The van der Waals surface area contributed by atoms with E-state index in [1.165, 1.54) is 5.56 Å². The quantitative estimate of drug-likeness (QED) is 0.773. The first-order valence-electron chi connectivity index (χ1n) is 8.75. The lowest BCUT2D eigenvalue weighted by molar-refractivity contribution is -0.135. The fourth-order valence-electron chi connectivity index (χ4n) is 3.86. The Morgan fingerprint density at radius 3 is 2.29 bits per heavy atom. The standard InChI is InChI=1S/C22H24O2/c1-22(2)14-21-19(15-23-22)18(16-9-5-3-6-10-16)13-20(24-21)17-11-7-4-8-12-17/h3-13,18-19,21H,14-15H2,1-2H3. The van der Waals surface area contributed by atoms with Crippen LogP contribution in [0.4, 0.5) is 0 Å². The number of hydrogen-bond donors (Lipinski definition) is 0. The highest BCUT2D eigenvalue weighted by Gasteiger charge is 2.43. The number of rotatable bonds is 2. The fourth-order valence-corrected chi connectivity index (χ4v) is 3.86. The van der Waals surface area contributed by atoms with Gasteiger partial charge in [-0.3, -0.25) is 0 Å². The Balaban J connectivity index is 1.74. The zero-order valence-electron chi connectivity index (χ0n) is 14.3. The fraction of sp³-hybridized carbons (Fsp3) is 0.364. The molecule has 0 amide bonds. The first-order chi connectivity index (χ1) is 11.6. The maximum Gasteiger partial charge on any atom is 0.123 e. The first-order valence-corrected chi connectivity index (χ1v) is 8.75. The highest BCUT2D eigenvalue weighted by Crippen LogP contribution is 2.44. The van der Waals surface area contributed by atoms with Crippen molar-refractivity contribution in [2.75, 3.05) is 6.61 Å². The summed E-state index contributed by atoms with van der Waals surface area (Å²) in [7, 11) is 0. The minimum Gasteiger partial charge on any atom is -0.490 e. The van der Waals surface area contributed by atoms with Gasteiger partial charge >= 0.3 is 0 Å². The van der Waals surface area contributed by atoms with E-state index in [-0.39, 0.29) is 11.7 Å². The van der Waals surface area contributed by atoms with Crippen LogP contribution in [0.5, 0.6) is 0 Å². The summed E-state index contributed by atoms with van der Waals surface area (Å²) in [5, 5.41) is 0. The predicted molar refractivity (Wildman–Crippen MR) is 96.6 cm³/mol. The summed E-state index contributed by atoms with van der Waals surface area (Å²) in [6, 6.07) is 21.2. The van der Waals surface area contributed by atoms with E-state index in [0.717, 1.165) is 24.4 Å². The first kappa shape index (κ1) is 15.5. The average Bonchev–Trinajstić information content (AvgIpc) is 2.61. The molecule has 0 spiro atoms. The minimum atomic E-state index is -0.123. The van der Waals surface area contributed by atoms with Crippen LogP contribution in [-0.4, -0.2) is 18.3 Å². The van der Waals surface area contributed by atoms with Crippen molar-refractivity contribution in [1.29, 1.82) is 0 Å². The highest BCUT2D eigenvalue weighted by atomic mass is 16.5. The molecule has 0 radical (unpaired) electrons. The minimum absolute atomic E-state index is 0.123. The van der Waals surface area contributed by atoms with E-state index in [9.17, 15) is 0 Å². The molecule has 1 fully saturated rings. The van der Waals surface area contributed by atoms with E-state index in [4.69, 9.17) is 9.47 Å². The van der Waals surface area contributed by atoms with Gasteiger partial charge in [-0.05, 0) is 25.5 Å². The molecular weight excluding hydrogens is 296 g/mol. The van der Waals surface area contributed by atoms with Crippen LogP contribution >= 0.6 is 0 Å². The summed E-state index contributed by atoms with van der Waals surface area (Å²) in [5.41, 5.74) is 2.37. The number of fused-ring (bicyclic) bond motifs is 1. The van der Waals surface area contributed by atoms with Gasteiger partial charge in [-0.2, -0.15) is 0 Å². The van der Waals surface area contributed by atoms with Gasteiger partial charge in [0, 0.05) is 23.8 Å². The Morgan fingerprint density at radius 2 is 1.58 bits per heavy atom. The van der Waals surface area contributed by atoms with Crippen molar-refractivity contribution in [3.05, 3.63) is 77.9 Å². The van der Waals surface area contributed by atoms with Gasteiger partial charge in [0.15, 0.2) is 0 Å². The van der Waals surface area contributed by atoms with E-state index >= 15 is 0 Å². The Morgan fingerprint density at radius 1 is 0.917 bits per heavy atom. The molecule has 2 aliphatic heterocycles. The molecule has 1 saturated heterocycles. The van der Waals surface area contributed by atoms with Crippen LogP contribution < -0.4 is 0 Å². The Kier molecular flexibility index (Phi) is 3.93. The summed E-state index contributed by atoms with van der Waals surface area (Å²) in [4.78, 5) is 0. The molecule has 0 bridgehead atoms. The second kappa shape index (κ2) is 6.10. The summed E-state index contributed by atoms with van der Waals surface area (Å²) < 4.78 is 12.6. The van der Waals surface area contributed by atoms with E-state index in [0.29, 0.717) is 11.8 Å². The lowest BCUT2D eigenvalue weighted by Gasteiger charge is -2.46. The van der Waals surface area contributed by atoms with E-state index < -0.39 is 0 Å². The van der Waals surface area contributed by atoms with Gasteiger partial charge in [-0.25, -0.2) is 0 Å². The SMILES string of the molecule is CC1(C)CC2OC(c3ccccc3)=CC(c3ccccc3)C2CO1. The van der Waals surface area contributed by atoms with E-state index in [1.807, 2.05) is 6.07 Å². The lowest BCUT2D eigenvalue weighted by atomic mass is 9.75. The molecule has 4 rings (SSSR count).